The van der Waals surface area contributed by atoms with E-state index in [9.17, 15) is 0 Å². The first-order valence-corrected chi connectivity index (χ1v) is 3.75. The van der Waals surface area contributed by atoms with Crippen LogP contribution >= 0.6 is 12.4 Å². The van der Waals surface area contributed by atoms with Crippen LogP contribution < -0.4 is 5.32 Å². The summed E-state index contributed by atoms with van der Waals surface area (Å²) in [5, 5.41) is 3.43. The molecule has 1 saturated carbocycles. The lowest BCUT2D eigenvalue weighted by molar-refractivity contribution is 0.180. The second-order valence-electron chi connectivity index (χ2n) is 3.32. The molecule has 2 aliphatic rings. The van der Waals surface area contributed by atoms with Crippen molar-refractivity contribution in [2.45, 2.75) is 18.4 Å². The predicted molar refractivity (Wildman–Crippen MR) is 44.7 cm³/mol. The van der Waals surface area contributed by atoms with Crippen LogP contribution in [0, 0.1) is 0 Å². The zero-order valence-electron chi connectivity index (χ0n) is 6.39. The van der Waals surface area contributed by atoms with Gasteiger partial charge in [0.25, 0.3) is 0 Å². The Kier molecular flexibility index (Phi) is 2.23. The number of hydrogen-bond acceptors (Lipinski definition) is 2. The van der Waals surface area contributed by atoms with Gasteiger partial charge in [0.1, 0.15) is 0 Å². The first-order chi connectivity index (χ1) is 4.33. The molecule has 1 aliphatic carbocycles. The smallest absolute Gasteiger partial charge is 0.0332 e. The van der Waals surface area contributed by atoms with Crippen LogP contribution in [0.4, 0.5) is 0 Å². The van der Waals surface area contributed by atoms with Crippen molar-refractivity contribution in [2.75, 3.05) is 26.7 Å². The summed E-state index contributed by atoms with van der Waals surface area (Å²) in [7, 11) is 2.24. The maximum atomic E-state index is 3.43. The highest BCUT2D eigenvalue weighted by atomic mass is 35.5. The first kappa shape index (κ1) is 8.31. The number of hydrogen-bond donors (Lipinski definition) is 1. The first-order valence-electron chi connectivity index (χ1n) is 3.75. The van der Waals surface area contributed by atoms with E-state index in [1.54, 1.807) is 0 Å². The normalized spacial score (nSPS) is 29.7. The van der Waals surface area contributed by atoms with Gasteiger partial charge in [-0.15, -0.1) is 12.4 Å². The maximum absolute atomic E-state index is 3.43. The minimum atomic E-state index is 0. The summed E-state index contributed by atoms with van der Waals surface area (Å²) < 4.78 is 0. The molecule has 1 saturated heterocycles. The van der Waals surface area contributed by atoms with Gasteiger partial charge in [-0.05, 0) is 19.9 Å². The second kappa shape index (κ2) is 2.68. The molecular weight excluding hydrogens is 148 g/mol. The summed E-state index contributed by atoms with van der Waals surface area (Å²) in [6, 6.07) is 0. The van der Waals surface area contributed by atoms with Crippen LogP contribution in [-0.2, 0) is 0 Å². The number of likely N-dealkylation sites (N-methyl/N-ethyl adjacent to an activating group) is 1. The lowest BCUT2D eigenvalue weighted by Gasteiger charge is -2.33. The van der Waals surface area contributed by atoms with Gasteiger partial charge in [-0.3, -0.25) is 4.90 Å². The highest BCUT2D eigenvalue weighted by Gasteiger charge is 2.46. The summed E-state index contributed by atoms with van der Waals surface area (Å²) >= 11 is 0. The highest BCUT2D eigenvalue weighted by molar-refractivity contribution is 5.85. The molecule has 0 bridgehead atoms. The van der Waals surface area contributed by atoms with Crippen LogP contribution in [0.25, 0.3) is 0 Å². The van der Waals surface area contributed by atoms with E-state index in [0.717, 1.165) is 0 Å². The minimum absolute atomic E-state index is 0. The van der Waals surface area contributed by atoms with Crippen molar-refractivity contribution >= 4 is 12.4 Å². The van der Waals surface area contributed by atoms with Crippen LogP contribution in [0.15, 0.2) is 0 Å². The molecule has 1 heterocycles. The lowest BCUT2D eigenvalue weighted by Crippen LogP contribution is -2.51. The molecular formula is C7H15ClN2. The van der Waals surface area contributed by atoms with Gasteiger partial charge in [0.2, 0.25) is 0 Å². The van der Waals surface area contributed by atoms with Crippen LogP contribution in [0.1, 0.15) is 12.8 Å². The van der Waals surface area contributed by atoms with Gasteiger partial charge >= 0.3 is 0 Å². The number of nitrogens with zero attached hydrogens (tertiary/aromatic N) is 1. The topological polar surface area (TPSA) is 15.3 Å². The standard InChI is InChI=1S/C7H14N2.ClH/c1-9-5-4-8-6-7(9)2-3-7;/h8H,2-6H2,1H3;1H. The molecule has 10 heavy (non-hydrogen) atoms. The molecule has 0 unspecified atom stereocenters. The Morgan fingerprint density at radius 1 is 1.40 bits per heavy atom. The fraction of sp³-hybridized carbons (Fsp3) is 1.00. The van der Waals surface area contributed by atoms with Gasteiger partial charge in [-0.1, -0.05) is 0 Å². The zero-order chi connectivity index (χ0) is 6.32. The molecule has 2 rings (SSSR count). The Labute approximate surface area is 68.4 Å². The van der Waals surface area contributed by atoms with Crippen molar-refractivity contribution in [3.8, 4) is 0 Å². The van der Waals surface area contributed by atoms with Crippen molar-refractivity contribution in [3.63, 3.8) is 0 Å². The van der Waals surface area contributed by atoms with Gasteiger partial charge in [-0.25, -0.2) is 0 Å². The zero-order valence-corrected chi connectivity index (χ0v) is 7.21. The van der Waals surface area contributed by atoms with Crippen LogP contribution in [-0.4, -0.2) is 37.1 Å². The Morgan fingerprint density at radius 2 is 2.10 bits per heavy atom. The van der Waals surface area contributed by atoms with Crippen LogP contribution in [0.3, 0.4) is 0 Å². The molecule has 1 aliphatic heterocycles. The Morgan fingerprint density at radius 3 is 2.50 bits per heavy atom. The number of rotatable bonds is 0. The Bertz CT molecular complexity index is 123. The summed E-state index contributed by atoms with van der Waals surface area (Å²) in [6.45, 7) is 3.64. The van der Waals surface area contributed by atoms with Gasteiger partial charge < -0.3 is 5.32 Å². The van der Waals surface area contributed by atoms with E-state index in [1.165, 1.54) is 32.5 Å². The predicted octanol–water partition coefficient (Wildman–Crippen LogP) is 0.476. The molecule has 3 heteroatoms. The fourth-order valence-corrected chi connectivity index (χ4v) is 1.64. The summed E-state index contributed by atoms with van der Waals surface area (Å²) in [4.78, 5) is 2.50. The highest BCUT2D eigenvalue weighted by Crippen LogP contribution is 2.40. The molecule has 0 atom stereocenters. The summed E-state index contributed by atoms with van der Waals surface area (Å²) in [5.74, 6) is 0. The molecule has 0 aromatic carbocycles. The van der Waals surface area contributed by atoms with Crippen molar-refractivity contribution in [3.05, 3.63) is 0 Å². The van der Waals surface area contributed by atoms with Crippen LogP contribution in [0.2, 0.25) is 0 Å². The van der Waals surface area contributed by atoms with Crippen molar-refractivity contribution in [1.29, 1.82) is 0 Å². The van der Waals surface area contributed by atoms with Crippen molar-refractivity contribution in [2.24, 2.45) is 0 Å². The average Bonchev–Trinajstić information content (AvgIpc) is 2.60. The number of halogens is 1. The van der Waals surface area contributed by atoms with E-state index in [0.29, 0.717) is 5.54 Å². The van der Waals surface area contributed by atoms with Gasteiger partial charge in [0.15, 0.2) is 0 Å². The lowest BCUT2D eigenvalue weighted by atomic mass is 10.2. The van der Waals surface area contributed by atoms with Crippen molar-refractivity contribution < 1.29 is 0 Å². The van der Waals surface area contributed by atoms with Gasteiger partial charge in [0.05, 0.1) is 0 Å². The molecule has 0 aromatic rings. The molecule has 60 valence electrons. The maximum Gasteiger partial charge on any atom is 0.0332 e. The quantitative estimate of drug-likeness (QED) is 0.558. The number of piperazine rings is 1. The van der Waals surface area contributed by atoms with Crippen molar-refractivity contribution in [1.82, 2.24) is 10.2 Å². The Balaban J connectivity index is 0.000000500. The molecule has 1 spiro atoms. The van der Waals surface area contributed by atoms with E-state index < -0.39 is 0 Å². The Hall–Kier alpha value is 0.210. The van der Waals surface area contributed by atoms with E-state index in [-0.39, 0.29) is 12.4 Å². The average molecular weight is 163 g/mol. The monoisotopic (exact) mass is 162 g/mol. The SMILES string of the molecule is CN1CCNCC12CC2.Cl. The molecule has 0 aromatic heterocycles. The third-order valence-electron chi connectivity index (χ3n) is 2.71. The molecule has 2 nitrogen and oxygen atoms in total. The van der Waals surface area contributed by atoms with E-state index >= 15 is 0 Å². The van der Waals surface area contributed by atoms with Gasteiger partial charge in [-0.2, -0.15) is 0 Å². The molecule has 0 radical (unpaired) electrons. The number of nitrogens with one attached hydrogen (secondary N) is 1. The largest absolute Gasteiger partial charge is 0.314 e. The summed E-state index contributed by atoms with van der Waals surface area (Å²) in [5.41, 5.74) is 0.609. The van der Waals surface area contributed by atoms with E-state index in [2.05, 4.69) is 17.3 Å². The minimum Gasteiger partial charge on any atom is -0.314 e. The fourth-order valence-electron chi connectivity index (χ4n) is 1.64. The third-order valence-corrected chi connectivity index (χ3v) is 2.71. The van der Waals surface area contributed by atoms with E-state index in [1.807, 2.05) is 0 Å². The molecule has 2 fully saturated rings. The van der Waals surface area contributed by atoms with Gasteiger partial charge in [0, 0.05) is 25.2 Å². The third kappa shape index (κ3) is 1.16. The summed E-state index contributed by atoms with van der Waals surface area (Å²) in [6.07, 6.45) is 2.83. The second-order valence-corrected chi connectivity index (χ2v) is 3.32. The van der Waals surface area contributed by atoms with Crippen LogP contribution in [0.5, 0.6) is 0 Å². The molecule has 1 N–H and O–H groups in total. The molecule has 0 amide bonds. The van der Waals surface area contributed by atoms with E-state index in [4.69, 9.17) is 0 Å².